The van der Waals surface area contributed by atoms with E-state index >= 15 is 0 Å². The van der Waals surface area contributed by atoms with Crippen molar-refractivity contribution in [3.8, 4) is 0 Å². The summed E-state index contributed by atoms with van der Waals surface area (Å²) in [6.45, 7) is 5.17. The number of rotatable bonds is 7. The molecule has 164 valence electrons. The standard InChI is InChI=1S/C24H26N6OS/c1-2-32-24-27-21(29-13-5-6-14-29)20-16-26-30(22(20)28-24)15-12-25-23(31)19-11-7-9-17-8-3-4-10-18(17)19/h3-4,7-11,16H,2,5-6,12-15H2,1H3,(H,25,31). The molecule has 1 saturated heterocycles. The summed E-state index contributed by atoms with van der Waals surface area (Å²) in [6, 6.07) is 13.7. The van der Waals surface area contributed by atoms with Gasteiger partial charge in [-0.25, -0.2) is 14.6 Å². The molecule has 0 radical (unpaired) electrons. The van der Waals surface area contributed by atoms with E-state index in [0.717, 1.165) is 51.6 Å². The van der Waals surface area contributed by atoms with Crippen LogP contribution in [0.3, 0.4) is 0 Å². The third-order valence-electron chi connectivity index (χ3n) is 5.78. The van der Waals surface area contributed by atoms with Crippen molar-refractivity contribution in [1.82, 2.24) is 25.1 Å². The predicted octanol–water partition coefficient (Wildman–Crippen LogP) is 4.12. The van der Waals surface area contributed by atoms with Crippen molar-refractivity contribution in [2.24, 2.45) is 0 Å². The summed E-state index contributed by atoms with van der Waals surface area (Å²) in [6.07, 6.45) is 4.24. The second-order valence-electron chi connectivity index (χ2n) is 7.84. The SMILES string of the molecule is CCSc1nc(N2CCCC2)c2cnn(CCNC(=O)c3cccc4ccccc34)c2n1. The molecule has 1 N–H and O–H groups in total. The molecule has 1 fully saturated rings. The molecule has 3 heterocycles. The Hall–Kier alpha value is -3.13. The van der Waals surface area contributed by atoms with Crippen molar-refractivity contribution < 1.29 is 4.79 Å². The van der Waals surface area contributed by atoms with Crippen LogP contribution in [0.5, 0.6) is 0 Å². The Bertz CT molecular complexity index is 1260. The van der Waals surface area contributed by atoms with Gasteiger partial charge in [0.15, 0.2) is 10.8 Å². The van der Waals surface area contributed by atoms with Gasteiger partial charge in [-0.2, -0.15) is 5.10 Å². The molecule has 1 aliphatic rings. The number of anilines is 1. The van der Waals surface area contributed by atoms with E-state index in [1.807, 2.05) is 53.3 Å². The lowest BCUT2D eigenvalue weighted by Gasteiger charge is -2.17. The minimum atomic E-state index is -0.0760. The summed E-state index contributed by atoms with van der Waals surface area (Å²) >= 11 is 1.64. The molecule has 0 spiro atoms. The summed E-state index contributed by atoms with van der Waals surface area (Å²) in [5.41, 5.74) is 1.52. The minimum absolute atomic E-state index is 0.0760. The summed E-state index contributed by atoms with van der Waals surface area (Å²) in [5.74, 6) is 1.82. The number of aromatic nitrogens is 4. The van der Waals surface area contributed by atoms with Crippen LogP contribution in [0.25, 0.3) is 21.8 Å². The molecule has 1 aliphatic heterocycles. The lowest BCUT2D eigenvalue weighted by Crippen LogP contribution is -2.27. The third kappa shape index (κ3) is 4.02. The van der Waals surface area contributed by atoms with Gasteiger partial charge >= 0.3 is 0 Å². The molecular formula is C24H26N6OS. The van der Waals surface area contributed by atoms with Crippen molar-refractivity contribution in [3.63, 3.8) is 0 Å². The van der Waals surface area contributed by atoms with Gasteiger partial charge in [0.1, 0.15) is 5.82 Å². The molecule has 0 saturated carbocycles. The monoisotopic (exact) mass is 446 g/mol. The molecule has 0 aliphatic carbocycles. The van der Waals surface area contributed by atoms with Crippen molar-refractivity contribution in [2.75, 3.05) is 30.3 Å². The molecule has 8 heteroatoms. The largest absolute Gasteiger partial charge is 0.356 e. The van der Waals surface area contributed by atoms with Gasteiger partial charge in [0, 0.05) is 25.2 Å². The number of hydrogen-bond acceptors (Lipinski definition) is 6. The Morgan fingerprint density at radius 1 is 1.06 bits per heavy atom. The zero-order chi connectivity index (χ0) is 21.9. The first kappa shape index (κ1) is 20.8. The molecule has 32 heavy (non-hydrogen) atoms. The van der Waals surface area contributed by atoms with Crippen molar-refractivity contribution >= 4 is 45.3 Å². The van der Waals surface area contributed by atoms with Gasteiger partial charge < -0.3 is 10.2 Å². The maximum atomic E-state index is 12.8. The van der Waals surface area contributed by atoms with Crippen molar-refractivity contribution in [3.05, 3.63) is 54.2 Å². The van der Waals surface area contributed by atoms with Crippen molar-refractivity contribution in [1.29, 1.82) is 0 Å². The van der Waals surface area contributed by atoms with E-state index in [0.29, 0.717) is 18.7 Å². The second-order valence-corrected chi connectivity index (χ2v) is 9.08. The molecule has 4 aromatic rings. The van der Waals surface area contributed by atoms with Crippen LogP contribution in [0, 0.1) is 0 Å². The van der Waals surface area contributed by atoms with Crippen molar-refractivity contribution in [2.45, 2.75) is 31.5 Å². The Morgan fingerprint density at radius 2 is 1.88 bits per heavy atom. The molecule has 2 aromatic carbocycles. The fraction of sp³-hybridized carbons (Fsp3) is 0.333. The Morgan fingerprint density at radius 3 is 2.72 bits per heavy atom. The number of nitrogens with one attached hydrogen (secondary N) is 1. The molecule has 2 aromatic heterocycles. The Kier molecular flexibility index (Phi) is 5.94. The van der Waals surface area contributed by atoms with Crippen LogP contribution in [0.1, 0.15) is 30.1 Å². The van der Waals surface area contributed by atoms with Crippen LogP contribution in [-0.4, -0.2) is 51.0 Å². The maximum Gasteiger partial charge on any atom is 0.251 e. The number of thioether (sulfide) groups is 1. The normalized spacial score (nSPS) is 13.8. The summed E-state index contributed by atoms with van der Waals surface area (Å²) in [7, 11) is 0. The van der Waals surface area contributed by atoms with Gasteiger partial charge in [0.2, 0.25) is 0 Å². The van der Waals surface area contributed by atoms with Crippen LogP contribution >= 0.6 is 11.8 Å². The second kappa shape index (κ2) is 9.16. The summed E-state index contributed by atoms with van der Waals surface area (Å²) in [4.78, 5) is 24.8. The average Bonchev–Trinajstić information content (AvgIpc) is 3.49. The first-order valence-corrected chi connectivity index (χ1v) is 12.1. The number of fused-ring (bicyclic) bond motifs is 2. The number of carbonyl (C=O) groups is 1. The average molecular weight is 447 g/mol. The first-order valence-electron chi connectivity index (χ1n) is 11.1. The number of nitrogens with zero attached hydrogens (tertiary/aromatic N) is 5. The van der Waals surface area contributed by atoms with Crippen LogP contribution in [0.15, 0.2) is 53.8 Å². The fourth-order valence-corrected chi connectivity index (χ4v) is 4.80. The van der Waals surface area contributed by atoms with E-state index in [2.05, 4.69) is 22.2 Å². The number of carbonyl (C=O) groups excluding carboxylic acids is 1. The minimum Gasteiger partial charge on any atom is -0.356 e. The maximum absolute atomic E-state index is 12.8. The quantitative estimate of drug-likeness (QED) is 0.340. The predicted molar refractivity (Wildman–Crippen MR) is 129 cm³/mol. The molecule has 0 unspecified atom stereocenters. The van der Waals surface area contributed by atoms with Gasteiger partial charge in [-0.05, 0) is 35.4 Å². The van der Waals surface area contributed by atoms with E-state index in [9.17, 15) is 4.79 Å². The van der Waals surface area contributed by atoms with Gasteiger partial charge in [-0.15, -0.1) is 0 Å². The fourth-order valence-electron chi connectivity index (χ4n) is 4.24. The molecular weight excluding hydrogens is 420 g/mol. The smallest absolute Gasteiger partial charge is 0.251 e. The summed E-state index contributed by atoms with van der Waals surface area (Å²) < 4.78 is 1.87. The molecule has 5 rings (SSSR count). The highest BCUT2D eigenvalue weighted by Gasteiger charge is 2.21. The zero-order valence-corrected chi connectivity index (χ0v) is 18.9. The number of hydrogen-bond donors (Lipinski definition) is 1. The Balaban J connectivity index is 1.35. The zero-order valence-electron chi connectivity index (χ0n) is 18.1. The molecule has 1 amide bonds. The van der Waals surface area contributed by atoms with E-state index in [-0.39, 0.29) is 5.91 Å². The first-order chi connectivity index (χ1) is 15.7. The number of amides is 1. The molecule has 7 nitrogen and oxygen atoms in total. The van der Waals surface area contributed by atoms with E-state index in [1.54, 1.807) is 11.8 Å². The van der Waals surface area contributed by atoms with Gasteiger partial charge in [-0.3, -0.25) is 4.79 Å². The lowest BCUT2D eigenvalue weighted by atomic mass is 10.0. The van der Waals surface area contributed by atoms with Crippen LogP contribution in [0.2, 0.25) is 0 Å². The topological polar surface area (TPSA) is 75.9 Å². The molecule has 0 bridgehead atoms. The van der Waals surface area contributed by atoms with Crippen LogP contribution in [-0.2, 0) is 6.54 Å². The van der Waals surface area contributed by atoms with Gasteiger partial charge in [0.25, 0.3) is 5.91 Å². The lowest BCUT2D eigenvalue weighted by molar-refractivity contribution is 0.0953. The van der Waals surface area contributed by atoms with Gasteiger partial charge in [0.05, 0.1) is 18.1 Å². The van der Waals surface area contributed by atoms with Gasteiger partial charge in [-0.1, -0.05) is 55.1 Å². The van der Waals surface area contributed by atoms with E-state index < -0.39 is 0 Å². The highest BCUT2D eigenvalue weighted by molar-refractivity contribution is 7.99. The van der Waals surface area contributed by atoms with E-state index in [4.69, 9.17) is 9.97 Å². The Labute approximate surface area is 191 Å². The highest BCUT2D eigenvalue weighted by atomic mass is 32.2. The molecule has 0 atom stereocenters. The summed E-state index contributed by atoms with van der Waals surface area (Å²) in [5, 5.41) is 11.4. The van der Waals surface area contributed by atoms with Crippen LogP contribution in [0.4, 0.5) is 5.82 Å². The van der Waals surface area contributed by atoms with E-state index in [1.165, 1.54) is 12.8 Å². The number of benzene rings is 2. The third-order valence-corrected chi connectivity index (χ3v) is 6.51. The van der Waals surface area contributed by atoms with Crippen LogP contribution < -0.4 is 10.2 Å². The highest BCUT2D eigenvalue weighted by Crippen LogP contribution is 2.29.